The molecule has 110 valence electrons. The van der Waals surface area contributed by atoms with Gasteiger partial charge in [0.05, 0.1) is 11.0 Å². The number of carboxylic acids is 2. The molecule has 1 aromatic carbocycles. The predicted molar refractivity (Wildman–Crippen MR) is 77.9 cm³/mol. The monoisotopic (exact) mass is 286 g/mol. The lowest BCUT2D eigenvalue weighted by molar-refractivity contribution is -0.147. The quantitative estimate of drug-likeness (QED) is 0.876. The van der Waals surface area contributed by atoms with Gasteiger partial charge < -0.3 is 10.2 Å². The molecule has 2 atom stereocenters. The highest BCUT2D eigenvalue weighted by Gasteiger charge is 2.55. The molecule has 2 unspecified atom stereocenters. The van der Waals surface area contributed by atoms with Crippen molar-refractivity contribution in [1.82, 2.24) is 0 Å². The van der Waals surface area contributed by atoms with E-state index in [2.05, 4.69) is 0 Å². The number of carbonyl (C=O) groups is 2. The fourth-order valence-electron chi connectivity index (χ4n) is 4.23. The van der Waals surface area contributed by atoms with Crippen LogP contribution < -0.4 is 0 Å². The molecule has 0 aromatic heterocycles. The van der Waals surface area contributed by atoms with Crippen LogP contribution in [0.4, 0.5) is 0 Å². The second-order valence-corrected chi connectivity index (χ2v) is 6.42. The van der Waals surface area contributed by atoms with E-state index in [0.717, 1.165) is 18.4 Å². The van der Waals surface area contributed by atoms with Gasteiger partial charge in [0.2, 0.25) is 0 Å². The number of hydrogen-bond donors (Lipinski definition) is 2. The zero-order valence-electron chi connectivity index (χ0n) is 12.1. The molecule has 0 saturated heterocycles. The van der Waals surface area contributed by atoms with Gasteiger partial charge in [-0.1, -0.05) is 37.6 Å². The topological polar surface area (TPSA) is 74.6 Å². The molecular weight excluding hydrogens is 268 g/mol. The third kappa shape index (κ3) is 1.62. The summed E-state index contributed by atoms with van der Waals surface area (Å²) in [6.45, 7) is 3.65. The molecule has 0 aliphatic heterocycles. The van der Waals surface area contributed by atoms with E-state index in [0.29, 0.717) is 17.6 Å². The van der Waals surface area contributed by atoms with Gasteiger partial charge >= 0.3 is 11.9 Å². The highest BCUT2D eigenvalue weighted by molar-refractivity contribution is 6.20. The van der Waals surface area contributed by atoms with E-state index in [9.17, 15) is 19.8 Å². The standard InChI is InChI=1S/C17H18O4/c1-16-8-5-9-17(2,15(20)21)13(16)12(14(18)19)10-6-3-4-7-11(10)16/h3-4,6-7H,5,8-9H2,1-2H3,(H,18,19)(H,20,21). The fourth-order valence-corrected chi connectivity index (χ4v) is 4.23. The minimum absolute atomic E-state index is 0.192. The summed E-state index contributed by atoms with van der Waals surface area (Å²) in [5, 5.41) is 19.4. The van der Waals surface area contributed by atoms with Crippen molar-refractivity contribution < 1.29 is 19.8 Å². The molecule has 0 spiro atoms. The molecule has 1 fully saturated rings. The minimum Gasteiger partial charge on any atom is -0.481 e. The Hall–Kier alpha value is -2.10. The maximum atomic E-state index is 11.9. The highest BCUT2D eigenvalue weighted by atomic mass is 16.4. The Morgan fingerprint density at radius 2 is 1.76 bits per heavy atom. The van der Waals surface area contributed by atoms with Gasteiger partial charge in [-0.25, -0.2) is 4.79 Å². The van der Waals surface area contributed by atoms with Crippen LogP contribution in [0.1, 0.15) is 44.2 Å². The molecule has 0 heterocycles. The average molecular weight is 286 g/mol. The predicted octanol–water partition coefficient (Wildman–Crippen LogP) is 3.07. The summed E-state index contributed by atoms with van der Waals surface area (Å²) in [7, 11) is 0. The first-order valence-electron chi connectivity index (χ1n) is 7.14. The molecule has 4 heteroatoms. The van der Waals surface area contributed by atoms with Crippen molar-refractivity contribution in [3.8, 4) is 0 Å². The van der Waals surface area contributed by atoms with Gasteiger partial charge in [0.15, 0.2) is 0 Å². The minimum atomic E-state index is -1.11. The summed E-state index contributed by atoms with van der Waals surface area (Å²) >= 11 is 0. The Labute approximate surface area is 123 Å². The Kier molecular flexibility index (Phi) is 2.77. The first kappa shape index (κ1) is 13.9. The maximum Gasteiger partial charge on any atom is 0.336 e. The van der Waals surface area contributed by atoms with Crippen LogP contribution in [0.2, 0.25) is 0 Å². The van der Waals surface area contributed by atoms with E-state index < -0.39 is 22.8 Å². The van der Waals surface area contributed by atoms with Gasteiger partial charge in [-0.2, -0.15) is 0 Å². The van der Waals surface area contributed by atoms with E-state index in [1.165, 1.54) is 0 Å². The third-order valence-corrected chi connectivity index (χ3v) is 5.18. The Balaban J connectivity index is 2.39. The van der Waals surface area contributed by atoms with E-state index >= 15 is 0 Å². The van der Waals surface area contributed by atoms with Crippen LogP contribution >= 0.6 is 0 Å². The second-order valence-electron chi connectivity index (χ2n) is 6.42. The molecule has 0 bridgehead atoms. The van der Waals surface area contributed by atoms with Crippen molar-refractivity contribution in [1.29, 1.82) is 0 Å². The third-order valence-electron chi connectivity index (χ3n) is 5.18. The average Bonchev–Trinajstić information content (AvgIpc) is 2.70. The van der Waals surface area contributed by atoms with Crippen LogP contribution in [0.3, 0.4) is 0 Å². The molecule has 0 radical (unpaired) electrons. The van der Waals surface area contributed by atoms with Crippen molar-refractivity contribution >= 4 is 17.5 Å². The Morgan fingerprint density at radius 3 is 2.38 bits per heavy atom. The molecule has 2 N–H and O–H groups in total. The Morgan fingerprint density at radius 1 is 1.10 bits per heavy atom. The largest absolute Gasteiger partial charge is 0.481 e. The SMILES string of the molecule is CC1(C(=O)O)CCCC2(C)C1=C(C(=O)O)c1ccccc12. The summed E-state index contributed by atoms with van der Waals surface area (Å²) in [4.78, 5) is 23.7. The molecule has 2 aliphatic rings. The number of benzene rings is 1. The van der Waals surface area contributed by atoms with Gasteiger partial charge in [-0.15, -0.1) is 0 Å². The van der Waals surface area contributed by atoms with Gasteiger partial charge in [-0.3, -0.25) is 4.79 Å². The number of carboxylic acid groups (broad SMARTS) is 2. The summed E-state index contributed by atoms with van der Waals surface area (Å²) in [6, 6.07) is 7.41. The molecule has 1 aromatic rings. The molecule has 4 nitrogen and oxygen atoms in total. The summed E-state index contributed by atoms with van der Waals surface area (Å²) in [6.07, 6.45) is 2.06. The number of fused-ring (bicyclic) bond motifs is 3. The van der Waals surface area contributed by atoms with Crippen LogP contribution in [0.25, 0.3) is 5.57 Å². The Bertz CT molecular complexity index is 688. The molecule has 1 saturated carbocycles. The second kappa shape index (κ2) is 4.20. The normalized spacial score (nSPS) is 30.8. The van der Waals surface area contributed by atoms with Crippen molar-refractivity contribution in [2.45, 2.75) is 38.5 Å². The van der Waals surface area contributed by atoms with E-state index in [-0.39, 0.29) is 5.57 Å². The zero-order valence-corrected chi connectivity index (χ0v) is 12.1. The van der Waals surface area contributed by atoms with Crippen LogP contribution in [0.15, 0.2) is 29.8 Å². The van der Waals surface area contributed by atoms with Crippen molar-refractivity contribution in [2.75, 3.05) is 0 Å². The number of hydrogen-bond acceptors (Lipinski definition) is 2. The summed E-state index contributed by atoms with van der Waals surface area (Å²) < 4.78 is 0. The van der Waals surface area contributed by atoms with Crippen molar-refractivity contribution in [3.63, 3.8) is 0 Å². The van der Waals surface area contributed by atoms with E-state index in [1.54, 1.807) is 19.1 Å². The number of rotatable bonds is 2. The van der Waals surface area contributed by atoms with Crippen LogP contribution in [-0.2, 0) is 15.0 Å². The molecule has 21 heavy (non-hydrogen) atoms. The molecule has 0 amide bonds. The summed E-state index contributed by atoms with van der Waals surface area (Å²) in [5.41, 5.74) is 0.789. The smallest absolute Gasteiger partial charge is 0.336 e. The van der Waals surface area contributed by atoms with Crippen LogP contribution in [0, 0.1) is 5.41 Å². The first-order chi connectivity index (χ1) is 9.82. The van der Waals surface area contributed by atoms with Crippen molar-refractivity contribution in [3.05, 3.63) is 41.0 Å². The fraction of sp³-hybridized carbons (Fsp3) is 0.412. The van der Waals surface area contributed by atoms with Gasteiger partial charge in [0.1, 0.15) is 0 Å². The van der Waals surface area contributed by atoms with Gasteiger partial charge in [0, 0.05) is 5.41 Å². The summed E-state index contributed by atoms with van der Waals surface area (Å²) in [5.74, 6) is -1.97. The molecule has 2 aliphatic carbocycles. The van der Waals surface area contributed by atoms with Gasteiger partial charge in [-0.05, 0) is 36.5 Å². The number of aliphatic carboxylic acids is 2. The van der Waals surface area contributed by atoms with Crippen molar-refractivity contribution in [2.24, 2.45) is 5.41 Å². The van der Waals surface area contributed by atoms with Crippen LogP contribution in [0.5, 0.6) is 0 Å². The lowest BCUT2D eigenvalue weighted by atomic mass is 9.59. The molecular formula is C17H18O4. The zero-order chi connectivity index (χ0) is 15.4. The maximum absolute atomic E-state index is 11.9. The van der Waals surface area contributed by atoms with Gasteiger partial charge in [0.25, 0.3) is 0 Å². The van der Waals surface area contributed by atoms with Crippen LogP contribution in [-0.4, -0.2) is 22.2 Å². The lowest BCUT2D eigenvalue weighted by Crippen LogP contribution is -2.42. The highest BCUT2D eigenvalue weighted by Crippen LogP contribution is 2.59. The molecule has 3 rings (SSSR count). The lowest BCUT2D eigenvalue weighted by Gasteiger charge is -2.43. The van der Waals surface area contributed by atoms with E-state index in [1.807, 2.05) is 19.1 Å². The van der Waals surface area contributed by atoms with E-state index in [4.69, 9.17) is 0 Å². The first-order valence-corrected chi connectivity index (χ1v) is 7.14.